The molecule has 0 saturated carbocycles. The Morgan fingerprint density at radius 1 is 1.31 bits per heavy atom. The van der Waals surface area contributed by atoms with E-state index in [1.807, 2.05) is 33.1 Å². The van der Waals surface area contributed by atoms with E-state index in [1.54, 1.807) is 6.33 Å². The quantitative estimate of drug-likeness (QED) is 0.559. The lowest BCUT2D eigenvalue weighted by atomic mass is 9.98. The molecule has 0 spiro atoms. The van der Waals surface area contributed by atoms with Gasteiger partial charge in [0, 0.05) is 19.6 Å². The maximum Gasteiger partial charge on any atom is 0.268 e. The molecule has 1 fully saturated rings. The van der Waals surface area contributed by atoms with Crippen molar-refractivity contribution in [1.29, 1.82) is 0 Å². The van der Waals surface area contributed by atoms with E-state index >= 15 is 0 Å². The first-order valence-corrected chi connectivity index (χ1v) is 10.3. The summed E-state index contributed by atoms with van der Waals surface area (Å²) in [5.74, 6) is 0.970. The first kappa shape index (κ1) is 18.0. The van der Waals surface area contributed by atoms with Crippen LogP contribution in [0, 0.1) is 0 Å². The molecule has 3 aromatic rings. The van der Waals surface area contributed by atoms with Crippen molar-refractivity contribution in [2.24, 2.45) is 0 Å². The Labute approximate surface area is 171 Å². The summed E-state index contributed by atoms with van der Waals surface area (Å²) in [6, 6.07) is 1.94. The van der Waals surface area contributed by atoms with Gasteiger partial charge in [-0.25, -0.2) is 4.98 Å². The summed E-state index contributed by atoms with van der Waals surface area (Å²) in [6.07, 6.45) is 6.30. The number of imidazole rings is 1. The van der Waals surface area contributed by atoms with Crippen molar-refractivity contribution in [3.8, 4) is 17.3 Å². The minimum absolute atomic E-state index is 0.0204. The number of aromatic nitrogens is 4. The molecule has 29 heavy (non-hydrogen) atoms. The van der Waals surface area contributed by atoms with E-state index in [9.17, 15) is 4.79 Å². The summed E-state index contributed by atoms with van der Waals surface area (Å²) in [6.45, 7) is 10.2. The number of nitrogens with zero attached hydrogens (tertiary/aromatic N) is 6. The highest BCUT2D eigenvalue weighted by Gasteiger charge is 2.43. The SMILES string of the molecule is C=CCN(CC=C)Cc1nnc(-c2ncn3c2[C@@H]2CCN2C(=O)c2sccc2-3)o1. The first-order valence-electron chi connectivity index (χ1n) is 9.44. The average Bonchev–Trinajstić information content (AvgIpc) is 3.39. The van der Waals surface area contributed by atoms with Gasteiger partial charge in [-0.05, 0) is 17.9 Å². The fourth-order valence-electron chi connectivity index (χ4n) is 3.90. The molecule has 148 valence electrons. The van der Waals surface area contributed by atoms with E-state index in [0.29, 0.717) is 37.1 Å². The van der Waals surface area contributed by atoms with Gasteiger partial charge in [0.15, 0.2) is 5.69 Å². The summed E-state index contributed by atoms with van der Waals surface area (Å²) >= 11 is 1.46. The number of fused-ring (bicyclic) bond motifs is 5. The number of hydrogen-bond acceptors (Lipinski definition) is 7. The Balaban J connectivity index is 1.51. The predicted molar refractivity (Wildman–Crippen MR) is 109 cm³/mol. The maximum atomic E-state index is 12.9. The predicted octanol–water partition coefficient (Wildman–Crippen LogP) is 3.06. The Kier molecular flexibility index (Phi) is 4.40. The van der Waals surface area contributed by atoms with Gasteiger partial charge in [0.2, 0.25) is 5.89 Å². The summed E-state index contributed by atoms with van der Waals surface area (Å²) < 4.78 is 7.95. The standard InChI is InChI=1S/C20H20N6O2S/c1-3-7-24(8-4-2)11-15-22-23-19(28-15)16-17-13-5-9-25(13)20(27)18-14(6-10-29-18)26(17)12-21-16/h3-4,6,10,12-13H,1-2,5,7-9,11H2/t13-/m0/s1. The Morgan fingerprint density at radius 2 is 2.14 bits per heavy atom. The van der Waals surface area contributed by atoms with Crippen molar-refractivity contribution < 1.29 is 9.21 Å². The molecule has 1 amide bonds. The molecule has 0 radical (unpaired) electrons. The zero-order valence-electron chi connectivity index (χ0n) is 15.8. The molecule has 3 aromatic heterocycles. The highest BCUT2D eigenvalue weighted by atomic mass is 32.1. The Morgan fingerprint density at radius 3 is 2.86 bits per heavy atom. The van der Waals surface area contributed by atoms with Gasteiger partial charge in [-0.1, -0.05) is 12.2 Å². The van der Waals surface area contributed by atoms with Gasteiger partial charge in [-0.15, -0.1) is 34.7 Å². The van der Waals surface area contributed by atoms with Gasteiger partial charge in [0.1, 0.15) is 11.2 Å². The van der Waals surface area contributed by atoms with E-state index in [1.165, 1.54) is 11.3 Å². The average molecular weight is 408 g/mol. The van der Waals surface area contributed by atoms with Crippen LogP contribution >= 0.6 is 11.3 Å². The van der Waals surface area contributed by atoms with Crippen molar-refractivity contribution in [3.05, 3.63) is 59.5 Å². The molecule has 1 saturated heterocycles. The normalized spacial score (nSPS) is 17.3. The number of carbonyl (C=O) groups is 1. The van der Waals surface area contributed by atoms with Gasteiger partial charge < -0.3 is 9.32 Å². The molecule has 0 aromatic carbocycles. The molecule has 1 atom stereocenters. The molecule has 5 heterocycles. The third-order valence-corrected chi connectivity index (χ3v) is 6.19. The van der Waals surface area contributed by atoms with E-state index in [4.69, 9.17) is 4.42 Å². The highest BCUT2D eigenvalue weighted by Crippen LogP contribution is 2.44. The highest BCUT2D eigenvalue weighted by molar-refractivity contribution is 7.12. The van der Waals surface area contributed by atoms with Crippen LogP contribution in [-0.4, -0.2) is 55.1 Å². The molecule has 9 heteroatoms. The number of rotatable bonds is 7. The fourth-order valence-corrected chi connectivity index (χ4v) is 4.74. The molecular weight excluding hydrogens is 388 g/mol. The lowest BCUT2D eigenvalue weighted by Gasteiger charge is -2.39. The molecule has 8 nitrogen and oxygen atoms in total. The first-order chi connectivity index (χ1) is 14.2. The van der Waals surface area contributed by atoms with Crippen LogP contribution in [0.4, 0.5) is 0 Å². The van der Waals surface area contributed by atoms with Gasteiger partial charge in [-0.3, -0.25) is 14.3 Å². The number of hydrogen-bond donors (Lipinski definition) is 0. The topological polar surface area (TPSA) is 80.3 Å². The molecule has 0 unspecified atom stereocenters. The molecular formula is C20H20N6O2S. The van der Waals surface area contributed by atoms with Gasteiger partial charge >= 0.3 is 0 Å². The van der Waals surface area contributed by atoms with Crippen molar-refractivity contribution in [2.75, 3.05) is 19.6 Å². The smallest absolute Gasteiger partial charge is 0.268 e. The van der Waals surface area contributed by atoms with Crippen LogP contribution in [0.2, 0.25) is 0 Å². The number of thiophene rings is 1. The molecule has 5 rings (SSSR count). The summed E-state index contributed by atoms with van der Waals surface area (Å²) in [5.41, 5.74) is 2.45. The second-order valence-electron chi connectivity index (χ2n) is 7.06. The number of carbonyl (C=O) groups excluding carboxylic acids is 1. The zero-order valence-corrected chi connectivity index (χ0v) is 16.6. The van der Waals surface area contributed by atoms with Crippen molar-refractivity contribution >= 4 is 17.2 Å². The monoisotopic (exact) mass is 408 g/mol. The molecule has 0 aliphatic carbocycles. The van der Waals surface area contributed by atoms with E-state index in [2.05, 4.69) is 33.2 Å². The van der Waals surface area contributed by atoms with Gasteiger partial charge in [0.05, 0.1) is 24.0 Å². The van der Waals surface area contributed by atoms with E-state index in [-0.39, 0.29) is 11.9 Å². The van der Waals surface area contributed by atoms with Crippen LogP contribution in [0.1, 0.15) is 33.7 Å². The zero-order chi connectivity index (χ0) is 20.0. The third kappa shape index (κ3) is 2.85. The van der Waals surface area contributed by atoms with Crippen LogP contribution in [-0.2, 0) is 6.54 Å². The molecule has 2 aliphatic heterocycles. The minimum Gasteiger partial charge on any atom is -0.418 e. The molecule has 0 N–H and O–H groups in total. The Bertz CT molecular complexity index is 1090. The van der Waals surface area contributed by atoms with Gasteiger partial charge in [-0.2, -0.15) is 0 Å². The van der Waals surface area contributed by atoms with Crippen LogP contribution in [0.5, 0.6) is 0 Å². The molecule has 2 aliphatic rings. The van der Waals surface area contributed by atoms with Crippen LogP contribution < -0.4 is 0 Å². The third-order valence-electron chi connectivity index (χ3n) is 5.30. The Hall–Kier alpha value is -3.04. The lowest BCUT2D eigenvalue weighted by Crippen LogP contribution is -2.44. The second-order valence-corrected chi connectivity index (χ2v) is 7.97. The van der Waals surface area contributed by atoms with Crippen LogP contribution in [0.15, 0.2) is 47.5 Å². The van der Waals surface area contributed by atoms with Crippen molar-refractivity contribution in [2.45, 2.75) is 19.0 Å². The summed E-state index contributed by atoms with van der Waals surface area (Å²) in [7, 11) is 0. The van der Waals surface area contributed by atoms with E-state index in [0.717, 1.165) is 29.2 Å². The van der Waals surface area contributed by atoms with Crippen LogP contribution in [0.3, 0.4) is 0 Å². The largest absolute Gasteiger partial charge is 0.418 e. The van der Waals surface area contributed by atoms with E-state index < -0.39 is 0 Å². The lowest BCUT2D eigenvalue weighted by molar-refractivity contribution is 0.0466. The van der Waals surface area contributed by atoms with Gasteiger partial charge in [0.25, 0.3) is 11.8 Å². The minimum atomic E-state index is -0.0204. The molecule has 0 bridgehead atoms. The van der Waals surface area contributed by atoms with Crippen LogP contribution in [0.25, 0.3) is 17.3 Å². The van der Waals surface area contributed by atoms with Crippen molar-refractivity contribution in [3.63, 3.8) is 0 Å². The number of amides is 1. The van der Waals surface area contributed by atoms with Crippen molar-refractivity contribution in [1.82, 2.24) is 29.5 Å². The fraction of sp³-hybridized carbons (Fsp3) is 0.300. The summed E-state index contributed by atoms with van der Waals surface area (Å²) in [5, 5.41) is 10.4. The second kappa shape index (κ2) is 7.09. The summed E-state index contributed by atoms with van der Waals surface area (Å²) in [4.78, 5) is 22.2. The maximum absolute atomic E-state index is 12.9.